The van der Waals surface area contributed by atoms with Crippen molar-refractivity contribution in [1.82, 2.24) is 20.7 Å². The number of carbonyl (C=O) groups is 2. The number of halogens is 2. The molecule has 0 radical (unpaired) electrons. The molecular weight excluding hydrogens is 421 g/mol. The number of anilines is 1. The Morgan fingerprint density at radius 1 is 1.06 bits per heavy atom. The zero-order valence-corrected chi connectivity index (χ0v) is 17.7. The molecule has 4 rings (SSSR count). The van der Waals surface area contributed by atoms with E-state index in [1.165, 1.54) is 24.3 Å². The molecule has 2 saturated heterocycles. The summed E-state index contributed by atoms with van der Waals surface area (Å²) in [5.74, 6) is -0.436. The van der Waals surface area contributed by atoms with E-state index < -0.39 is 0 Å². The molecule has 3 N–H and O–H groups in total. The third kappa shape index (κ3) is 5.59. The summed E-state index contributed by atoms with van der Waals surface area (Å²) >= 11 is 6.07. The first-order valence-electron chi connectivity index (χ1n) is 10.3. The van der Waals surface area contributed by atoms with Gasteiger partial charge in [-0.3, -0.25) is 14.5 Å². The van der Waals surface area contributed by atoms with Crippen molar-refractivity contribution in [1.29, 1.82) is 0 Å². The molecule has 2 aliphatic heterocycles. The lowest BCUT2D eigenvalue weighted by molar-refractivity contribution is -0.135. The Morgan fingerprint density at radius 2 is 1.81 bits per heavy atom. The predicted molar refractivity (Wildman–Crippen MR) is 117 cm³/mol. The van der Waals surface area contributed by atoms with E-state index in [4.69, 9.17) is 11.6 Å². The van der Waals surface area contributed by atoms with Crippen LogP contribution in [0, 0.1) is 5.82 Å². The first-order valence-corrected chi connectivity index (χ1v) is 10.7. The van der Waals surface area contributed by atoms with E-state index in [9.17, 15) is 14.0 Å². The van der Waals surface area contributed by atoms with Crippen LogP contribution < -0.4 is 16.2 Å². The molecule has 0 bridgehead atoms. The number of hydrogen-bond acceptors (Lipinski definition) is 5. The van der Waals surface area contributed by atoms with Crippen LogP contribution in [-0.4, -0.2) is 60.4 Å². The zero-order valence-electron chi connectivity index (χ0n) is 17.0. The smallest absolute Gasteiger partial charge is 0.241 e. The topological polar surface area (TPSA) is 76.7 Å². The molecule has 2 unspecified atom stereocenters. The maximum absolute atomic E-state index is 13.0. The maximum atomic E-state index is 13.0. The highest BCUT2D eigenvalue weighted by Gasteiger charge is 2.34. The molecule has 9 heteroatoms. The number of rotatable bonds is 5. The lowest BCUT2D eigenvalue weighted by Gasteiger charge is -2.35. The Bertz CT molecular complexity index is 934. The van der Waals surface area contributed by atoms with Gasteiger partial charge in [0.25, 0.3) is 0 Å². The van der Waals surface area contributed by atoms with Crippen LogP contribution in [-0.2, 0) is 9.59 Å². The molecule has 2 aromatic carbocycles. The van der Waals surface area contributed by atoms with Crippen LogP contribution in [0.4, 0.5) is 10.1 Å². The summed E-state index contributed by atoms with van der Waals surface area (Å²) in [5, 5.41) is 3.44. The average Bonchev–Trinajstić information content (AvgIpc) is 3.26. The van der Waals surface area contributed by atoms with Gasteiger partial charge in [-0.25, -0.2) is 15.2 Å². The van der Waals surface area contributed by atoms with E-state index in [0.717, 1.165) is 5.56 Å². The first-order chi connectivity index (χ1) is 15.0. The number of hydrazine groups is 1. The van der Waals surface area contributed by atoms with Gasteiger partial charge in [0.15, 0.2) is 0 Å². The van der Waals surface area contributed by atoms with Crippen LogP contribution in [0.3, 0.4) is 0 Å². The van der Waals surface area contributed by atoms with Crippen LogP contribution in [0.25, 0.3) is 0 Å². The summed E-state index contributed by atoms with van der Waals surface area (Å²) in [4.78, 5) is 29.0. The monoisotopic (exact) mass is 445 g/mol. The summed E-state index contributed by atoms with van der Waals surface area (Å²) in [6.45, 7) is 2.63. The van der Waals surface area contributed by atoms with Crippen LogP contribution in [0.1, 0.15) is 18.0 Å². The standard InChI is InChI=1S/C22H25ClFN5O2/c23-16-3-1-2-15(12-16)19-13-20(27-26-19)22(31)29-10-8-28(9-11-29)14-21(30)25-18-6-4-17(24)5-7-18/h1-7,12,19-20,26-27H,8-11,13-14H2,(H,25,30). The van der Waals surface area contributed by atoms with Crippen molar-refractivity contribution in [2.24, 2.45) is 0 Å². The Morgan fingerprint density at radius 3 is 2.52 bits per heavy atom. The predicted octanol–water partition coefficient (Wildman–Crippen LogP) is 2.17. The molecule has 0 aliphatic carbocycles. The molecule has 2 fully saturated rings. The second-order valence-corrected chi connectivity index (χ2v) is 8.28. The van der Waals surface area contributed by atoms with E-state index >= 15 is 0 Å². The molecule has 31 heavy (non-hydrogen) atoms. The van der Waals surface area contributed by atoms with E-state index in [1.807, 2.05) is 34.1 Å². The minimum absolute atomic E-state index is 0.0316. The van der Waals surface area contributed by atoms with Gasteiger partial charge in [-0.15, -0.1) is 0 Å². The SMILES string of the molecule is O=C(CN1CCN(C(=O)C2CC(c3cccc(Cl)c3)NN2)CC1)Nc1ccc(F)cc1. The molecule has 0 saturated carbocycles. The fourth-order valence-corrected chi connectivity index (χ4v) is 4.14. The van der Waals surface area contributed by atoms with Crippen LogP contribution in [0.15, 0.2) is 48.5 Å². The van der Waals surface area contributed by atoms with Gasteiger partial charge in [0.1, 0.15) is 11.9 Å². The molecule has 0 spiro atoms. The van der Waals surface area contributed by atoms with E-state index in [0.29, 0.717) is 43.3 Å². The van der Waals surface area contributed by atoms with E-state index in [2.05, 4.69) is 16.2 Å². The molecule has 2 atom stereocenters. The third-order valence-corrected chi connectivity index (χ3v) is 5.87. The summed E-state index contributed by atoms with van der Waals surface area (Å²) in [6.07, 6.45) is 0.652. The summed E-state index contributed by atoms with van der Waals surface area (Å²) in [5.41, 5.74) is 7.91. The van der Waals surface area contributed by atoms with E-state index in [-0.39, 0.29) is 36.3 Å². The van der Waals surface area contributed by atoms with Crippen molar-refractivity contribution < 1.29 is 14.0 Å². The molecular formula is C22H25ClFN5O2. The van der Waals surface area contributed by atoms with Crippen molar-refractivity contribution in [3.05, 3.63) is 64.9 Å². The fourth-order valence-electron chi connectivity index (χ4n) is 3.94. The zero-order chi connectivity index (χ0) is 21.8. The summed E-state index contributed by atoms with van der Waals surface area (Å²) < 4.78 is 13.0. The highest BCUT2D eigenvalue weighted by molar-refractivity contribution is 6.30. The number of carbonyl (C=O) groups excluding carboxylic acids is 2. The van der Waals surface area contributed by atoms with Gasteiger partial charge >= 0.3 is 0 Å². The first kappa shape index (κ1) is 21.7. The van der Waals surface area contributed by atoms with Crippen LogP contribution >= 0.6 is 11.6 Å². The number of hydrogen-bond donors (Lipinski definition) is 3. The van der Waals surface area contributed by atoms with Gasteiger partial charge in [-0.1, -0.05) is 23.7 Å². The second-order valence-electron chi connectivity index (χ2n) is 7.84. The molecule has 2 heterocycles. The van der Waals surface area contributed by atoms with Gasteiger partial charge in [0.05, 0.1) is 6.54 Å². The Labute approximate surface area is 185 Å². The molecule has 2 aromatic rings. The van der Waals surface area contributed by atoms with Crippen LogP contribution in [0.5, 0.6) is 0 Å². The Balaban J connectivity index is 1.22. The van der Waals surface area contributed by atoms with Gasteiger partial charge in [0, 0.05) is 42.9 Å². The lowest BCUT2D eigenvalue weighted by Crippen LogP contribution is -2.54. The third-order valence-electron chi connectivity index (χ3n) is 5.63. The number of nitrogens with zero attached hydrogens (tertiary/aromatic N) is 2. The van der Waals surface area contributed by atoms with Crippen molar-refractivity contribution >= 4 is 29.1 Å². The lowest BCUT2D eigenvalue weighted by atomic mass is 10.0. The molecule has 2 amide bonds. The number of benzene rings is 2. The average molecular weight is 446 g/mol. The van der Waals surface area contributed by atoms with Gasteiger partial charge in [0.2, 0.25) is 11.8 Å². The second kappa shape index (κ2) is 9.74. The fraction of sp³-hybridized carbons (Fsp3) is 0.364. The summed E-state index contributed by atoms with van der Waals surface area (Å²) in [7, 11) is 0. The normalized spacial score (nSPS) is 21.8. The Kier molecular flexibility index (Phi) is 6.82. The minimum Gasteiger partial charge on any atom is -0.339 e. The molecule has 0 aromatic heterocycles. The van der Waals surface area contributed by atoms with Crippen molar-refractivity contribution in [2.75, 3.05) is 38.0 Å². The minimum atomic E-state index is -0.343. The number of amides is 2. The van der Waals surface area contributed by atoms with Gasteiger partial charge < -0.3 is 10.2 Å². The Hall–Kier alpha value is -2.52. The van der Waals surface area contributed by atoms with Crippen LogP contribution in [0.2, 0.25) is 5.02 Å². The highest BCUT2D eigenvalue weighted by atomic mass is 35.5. The van der Waals surface area contributed by atoms with Crippen molar-refractivity contribution in [2.45, 2.75) is 18.5 Å². The maximum Gasteiger partial charge on any atom is 0.241 e. The molecule has 2 aliphatic rings. The van der Waals surface area contributed by atoms with Crippen molar-refractivity contribution in [3.8, 4) is 0 Å². The quantitative estimate of drug-likeness (QED) is 0.657. The molecule has 7 nitrogen and oxygen atoms in total. The van der Waals surface area contributed by atoms with Crippen molar-refractivity contribution in [3.63, 3.8) is 0 Å². The molecule has 164 valence electrons. The van der Waals surface area contributed by atoms with Gasteiger partial charge in [-0.2, -0.15) is 0 Å². The largest absolute Gasteiger partial charge is 0.339 e. The van der Waals surface area contributed by atoms with Gasteiger partial charge in [-0.05, 0) is 48.4 Å². The highest BCUT2D eigenvalue weighted by Crippen LogP contribution is 2.25. The number of piperazine rings is 1. The number of nitrogens with one attached hydrogen (secondary N) is 3. The van der Waals surface area contributed by atoms with E-state index in [1.54, 1.807) is 0 Å². The summed E-state index contributed by atoms with van der Waals surface area (Å²) in [6, 6.07) is 13.0.